The quantitative estimate of drug-likeness (QED) is 0.804. The summed E-state index contributed by atoms with van der Waals surface area (Å²) < 4.78 is 1.74. The fraction of sp³-hybridized carbons (Fsp3) is 0.118. The average molecular weight is 292 g/mol. The zero-order chi connectivity index (χ0) is 15.4. The lowest BCUT2D eigenvalue weighted by molar-refractivity contribution is 0.102. The fourth-order valence-electron chi connectivity index (χ4n) is 2.19. The molecule has 0 saturated heterocycles. The van der Waals surface area contributed by atoms with Gasteiger partial charge in [0.25, 0.3) is 5.91 Å². The van der Waals surface area contributed by atoms with Crippen molar-refractivity contribution >= 4 is 11.6 Å². The van der Waals surface area contributed by atoms with E-state index in [2.05, 4.69) is 15.4 Å². The van der Waals surface area contributed by atoms with Gasteiger partial charge in [0.15, 0.2) is 0 Å². The van der Waals surface area contributed by atoms with E-state index in [-0.39, 0.29) is 5.91 Å². The van der Waals surface area contributed by atoms with Crippen LogP contribution < -0.4 is 5.32 Å². The summed E-state index contributed by atoms with van der Waals surface area (Å²) in [4.78, 5) is 16.1. The minimum Gasteiger partial charge on any atom is -0.322 e. The van der Waals surface area contributed by atoms with Crippen LogP contribution in [0.25, 0.3) is 0 Å². The molecule has 3 rings (SSSR count). The van der Waals surface area contributed by atoms with Crippen molar-refractivity contribution in [1.82, 2.24) is 14.8 Å². The van der Waals surface area contributed by atoms with Crippen molar-refractivity contribution in [3.8, 4) is 0 Å². The van der Waals surface area contributed by atoms with Crippen molar-refractivity contribution in [2.24, 2.45) is 0 Å². The Kier molecular flexibility index (Phi) is 3.96. The Labute approximate surface area is 128 Å². The van der Waals surface area contributed by atoms with Crippen LogP contribution in [-0.4, -0.2) is 20.7 Å². The molecule has 0 bridgehead atoms. The van der Waals surface area contributed by atoms with E-state index in [9.17, 15) is 4.79 Å². The predicted octanol–water partition coefficient (Wildman–Crippen LogP) is 2.89. The van der Waals surface area contributed by atoms with Gasteiger partial charge in [0.1, 0.15) is 12.7 Å². The largest absolute Gasteiger partial charge is 0.322 e. The summed E-state index contributed by atoms with van der Waals surface area (Å²) in [6, 6.07) is 15.2. The van der Waals surface area contributed by atoms with Gasteiger partial charge in [0.05, 0.1) is 6.54 Å². The number of aromatic nitrogens is 3. The molecule has 0 aliphatic carbocycles. The molecule has 1 heterocycles. The van der Waals surface area contributed by atoms with Crippen LogP contribution in [0.4, 0.5) is 5.69 Å². The Morgan fingerprint density at radius 2 is 2.00 bits per heavy atom. The lowest BCUT2D eigenvalue weighted by Gasteiger charge is -2.07. The van der Waals surface area contributed by atoms with Crippen LogP contribution in [0.1, 0.15) is 21.5 Å². The summed E-state index contributed by atoms with van der Waals surface area (Å²) in [5.41, 5.74) is 3.61. The third-order valence-corrected chi connectivity index (χ3v) is 3.30. The Balaban J connectivity index is 1.68. The number of rotatable bonds is 4. The highest BCUT2D eigenvalue weighted by Crippen LogP contribution is 2.12. The van der Waals surface area contributed by atoms with Crippen molar-refractivity contribution in [1.29, 1.82) is 0 Å². The molecule has 0 aliphatic rings. The van der Waals surface area contributed by atoms with E-state index in [0.29, 0.717) is 12.1 Å². The van der Waals surface area contributed by atoms with Crippen molar-refractivity contribution < 1.29 is 4.79 Å². The number of nitrogens with one attached hydrogen (secondary N) is 1. The van der Waals surface area contributed by atoms with E-state index in [1.54, 1.807) is 11.0 Å². The summed E-state index contributed by atoms with van der Waals surface area (Å²) in [6.07, 6.45) is 3.17. The highest BCUT2D eigenvalue weighted by molar-refractivity contribution is 6.04. The highest BCUT2D eigenvalue weighted by Gasteiger charge is 2.06. The van der Waals surface area contributed by atoms with Crippen LogP contribution in [-0.2, 0) is 6.54 Å². The predicted molar refractivity (Wildman–Crippen MR) is 84.7 cm³/mol. The Hall–Kier alpha value is -2.95. The smallest absolute Gasteiger partial charge is 0.255 e. The Morgan fingerprint density at radius 3 is 2.68 bits per heavy atom. The first-order valence-electron chi connectivity index (χ1n) is 7.00. The second-order valence-corrected chi connectivity index (χ2v) is 5.11. The number of aryl methyl sites for hydroxylation is 1. The van der Waals surface area contributed by atoms with Gasteiger partial charge in [-0.25, -0.2) is 9.67 Å². The number of hydrogen-bond acceptors (Lipinski definition) is 3. The second-order valence-electron chi connectivity index (χ2n) is 5.11. The number of amides is 1. The van der Waals surface area contributed by atoms with Crippen LogP contribution in [0, 0.1) is 6.92 Å². The molecule has 0 fully saturated rings. The molecule has 0 unspecified atom stereocenters. The zero-order valence-corrected chi connectivity index (χ0v) is 12.2. The van der Waals surface area contributed by atoms with E-state index in [4.69, 9.17) is 0 Å². The van der Waals surface area contributed by atoms with Gasteiger partial charge < -0.3 is 5.32 Å². The molecule has 110 valence electrons. The van der Waals surface area contributed by atoms with Crippen molar-refractivity contribution in [3.05, 3.63) is 77.9 Å². The number of carbonyl (C=O) groups excluding carboxylic acids is 1. The molecule has 5 heteroatoms. The number of anilines is 1. The first kappa shape index (κ1) is 14.0. The zero-order valence-electron chi connectivity index (χ0n) is 12.2. The van der Waals surface area contributed by atoms with Gasteiger partial charge in [-0.2, -0.15) is 5.10 Å². The molecular weight excluding hydrogens is 276 g/mol. The summed E-state index contributed by atoms with van der Waals surface area (Å²) in [6.45, 7) is 2.63. The fourth-order valence-corrected chi connectivity index (χ4v) is 2.19. The van der Waals surface area contributed by atoms with E-state index in [0.717, 1.165) is 16.8 Å². The molecule has 1 aromatic heterocycles. The molecule has 0 saturated carbocycles. The summed E-state index contributed by atoms with van der Waals surface area (Å²) >= 11 is 0. The van der Waals surface area contributed by atoms with Crippen molar-refractivity contribution in [2.75, 3.05) is 5.32 Å². The molecule has 0 aliphatic heterocycles. The maximum Gasteiger partial charge on any atom is 0.255 e. The number of hydrogen-bond donors (Lipinski definition) is 1. The highest BCUT2D eigenvalue weighted by atomic mass is 16.1. The molecule has 22 heavy (non-hydrogen) atoms. The van der Waals surface area contributed by atoms with Crippen molar-refractivity contribution in [3.63, 3.8) is 0 Å². The normalized spacial score (nSPS) is 10.4. The Morgan fingerprint density at radius 1 is 1.18 bits per heavy atom. The van der Waals surface area contributed by atoms with E-state index < -0.39 is 0 Å². The minimum atomic E-state index is -0.113. The molecular formula is C17H16N4O. The van der Waals surface area contributed by atoms with Crippen LogP contribution in [0.5, 0.6) is 0 Å². The Bertz CT molecular complexity index is 764. The molecule has 0 atom stereocenters. The summed E-state index contributed by atoms with van der Waals surface area (Å²) in [5, 5.41) is 6.96. The van der Waals surface area contributed by atoms with Crippen molar-refractivity contribution in [2.45, 2.75) is 13.5 Å². The molecule has 1 N–H and O–H groups in total. The molecule has 3 aromatic rings. The number of benzene rings is 2. The van der Waals surface area contributed by atoms with Gasteiger partial charge in [-0.3, -0.25) is 4.79 Å². The lowest BCUT2D eigenvalue weighted by atomic mass is 10.1. The minimum absolute atomic E-state index is 0.113. The molecule has 0 radical (unpaired) electrons. The van der Waals surface area contributed by atoms with E-state index in [1.165, 1.54) is 6.33 Å². The monoisotopic (exact) mass is 292 g/mol. The van der Waals surface area contributed by atoms with Crippen LogP contribution in [0.2, 0.25) is 0 Å². The topological polar surface area (TPSA) is 59.8 Å². The SMILES string of the molecule is Cc1cccc(NC(=O)c2ccc(Cn3cncn3)cc2)c1. The first-order valence-corrected chi connectivity index (χ1v) is 7.00. The number of carbonyl (C=O) groups is 1. The third-order valence-electron chi connectivity index (χ3n) is 3.30. The molecule has 1 amide bonds. The van der Waals surface area contributed by atoms with Gasteiger partial charge in [0.2, 0.25) is 0 Å². The van der Waals surface area contributed by atoms with E-state index >= 15 is 0 Å². The summed E-state index contributed by atoms with van der Waals surface area (Å²) in [7, 11) is 0. The van der Waals surface area contributed by atoms with Gasteiger partial charge in [0, 0.05) is 11.3 Å². The number of nitrogens with zero attached hydrogens (tertiary/aromatic N) is 3. The van der Waals surface area contributed by atoms with Crippen LogP contribution in [0.15, 0.2) is 61.2 Å². The van der Waals surface area contributed by atoms with Gasteiger partial charge >= 0.3 is 0 Å². The second kappa shape index (κ2) is 6.22. The van der Waals surface area contributed by atoms with Gasteiger partial charge in [-0.05, 0) is 42.3 Å². The molecule has 0 spiro atoms. The maximum absolute atomic E-state index is 12.2. The summed E-state index contributed by atoms with van der Waals surface area (Å²) in [5.74, 6) is -0.113. The van der Waals surface area contributed by atoms with E-state index in [1.807, 2.05) is 55.5 Å². The van der Waals surface area contributed by atoms with Crippen LogP contribution in [0.3, 0.4) is 0 Å². The third kappa shape index (κ3) is 3.38. The van der Waals surface area contributed by atoms with Crippen LogP contribution >= 0.6 is 0 Å². The van der Waals surface area contributed by atoms with Gasteiger partial charge in [-0.1, -0.05) is 24.3 Å². The van der Waals surface area contributed by atoms with Gasteiger partial charge in [-0.15, -0.1) is 0 Å². The maximum atomic E-state index is 12.2. The molecule has 2 aromatic carbocycles. The standard InChI is InChI=1S/C17H16N4O/c1-13-3-2-4-16(9-13)20-17(22)15-7-5-14(6-8-15)10-21-12-18-11-19-21/h2-9,11-12H,10H2,1H3,(H,20,22). The first-order chi connectivity index (χ1) is 10.7. The average Bonchev–Trinajstić information content (AvgIpc) is 3.01. The molecule has 5 nitrogen and oxygen atoms in total. The lowest BCUT2D eigenvalue weighted by Crippen LogP contribution is -2.12.